The van der Waals surface area contributed by atoms with Crippen LogP contribution in [0.5, 0.6) is 11.5 Å². The van der Waals surface area contributed by atoms with E-state index in [0.29, 0.717) is 11.3 Å². The molecule has 2 aromatic rings. The van der Waals surface area contributed by atoms with Crippen LogP contribution in [0.2, 0.25) is 0 Å². The molecule has 1 aromatic heterocycles. The number of carboxylic acids is 1. The number of aromatic hydroxyl groups is 1. The summed E-state index contributed by atoms with van der Waals surface area (Å²) in [6, 6.07) is 5.82. The summed E-state index contributed by atoms with van der Waals surface area (Å²) in [4.78, 5) is 10.6. The van der Waals surface area contributed by atoms with Gasteiger partial charge in [-0.05, 0) is 12.1 Å². The Bertz CT molecular complexity index is 561. The number of ether oxygens (including phenoxy) is 1. The largest absolute Gasteiger partial charge is 0.507 e. The maximum atomic E-state index is 10.6. The zero-order chi connectivity index (χ0) is 12.4. The van der Waals surface area contributed by atoms with E-state index in [0.717, 1.165) is 0 Å². The van der Waals surface area contributed by atoms with Crippen LogP contribution in [0, 0.1) is 0 Å². The molecule has 0 aliphatic rings. The van der Waals surface area contributed by atoms with Crippen molar-refractivity contribution in [3.8, 4) is 22.8 Å². The quantitative estimate of drug-likeness (QED) is 0.841. The second-order valence-corrected chi connectivity index (χ2v) is 3.26. The molecule has 0 unspecified atom stereocenters. The number of benzene rings is 1. The first-order valence-electron chi connectivity index (χ1n) is 4.69. The summed E-state index contributed by atoms with van der Waals surface area (Å²) in [5.74, 6) is -0.586. The standard InChI is InChI=1S/C11H9NO5/c1-16-6-2-3-7(9(13)4-6)10-5-8(11(14)15)12-17-10/h2-5,13H,1H3,(H,14,15). The molecular weight excluding hydrogens is 226 g/mol. The van der Waals surface area contributed by atoms with Crippen molar-refractivity contribution in [3.63, 3.8) is 0 Å². The maximum absolute atomic E-state index is 10.6. The number of hydrogen-bond donors (Lipinski definition) is 2. The Morgan fingerprint density at radius 3 is 2.71 bits per heavy atom. The Hall–Kier alpha value is -2.50. The highest BCUT2D eigenvalue weighted by molar-refractivity contribution is 5.86. The minimum absolute atomic E-state index is 0.0718. The lowest BCUT2D eigenvalue weighted by molar-refractivity contribution is 0.0686. The van der Waals surface area contributed by atoms with Gasteiger partial charge < -0.3 is 19.5 Å². The lowest BCUT2D eigenvalue weighted by atomic mass is 10.1. The highest BCUT2D eigenvalue weighted by atomic mass is 16.5. The van der Waals surface area contributed by atoms with Crippen LogP contribution < -0.4 is 4.74 Å². The highest BCUT2D eigenvalue weighted by Crippen LogP contribution is 2.32. The van der Waals surface area contributed by atoms with Crippen LogP contribution in [0.15, 0.2) is 28.8 Å². The van der Waals surface area contributed by atoms with Crippen LogP contribution in [-0.4, -0.2) is 28.4 Å². The van der Waals surface area contributed by atoms with E-state index in [1.807, 2.05) is 0 Å². The molecule has 0 radical (unpaired) electrons. The van der Waals surface area contributed by atoms with Gasteiger partial charge in [-0.25, -0.2) is 4.79 Å². The number of hydrogen-bond acceptors (Lipinski definition) is 5. The van der Waals surface area contributed by atoms with E-state index >= 15 is 0 Å². The van der Waals surface area contributed by atoms with E-state index in [-0.39, 0.29) is 17.2 Å². The first-order chi connectivity index (χ1) is 8.11. The zero-order valence-corrected chi connectivity index (χ0v) is 8.88. The molecule has 88 valence electrons. The Balaban J connectivity index is 2.42. The molecule has 6 heteroatoms. The fourth-order valence-corrected chi connectivity index (χ4v) is 1.35. The lowest BCUT2D eigenvalue weighted by Crippen LogP contribution is -1.94. The second-order valence-electron chi connectivity index (χ2n) is 3.26. The van der Waals surface area contributed by atoms with Crippen molar-refractivity contribution in [2.24, 2.45) is 0 Å². The minimum Gasteiger partial charge on any atom is -0.507 e. The fourth-order valence-electron chi connectivity index (χ4n) is 1.35. The summed E-state index contributed by atoms with van der Waals surface area (Å²) < 4.78 is 9.76. The van der Waals surface area contributed by atoms with Gasteiger partial charge >= 0.3 is 5.97 Å². The molecule has 0 aliphatic heterocycles. The third-order valence-electron chi connectivity index (χ3n) is 2.20. The Morgan fingerprint density at radius 2 is 2.18 bits per heavy atom. The molecule has 2 N–H and O–H groups in total. The third kappa shape index (κ3) is 2.05. The summed E-state index contributed by atoms with van der Waals surface area (Å²) in [5.41, 5.74) is 0.140. The Morgan fingerprint density at radius 1 is 1.41 bits per heavy atom. The summed E-state index contributed by atoms with van der Waals surface area (Å²) in [6.07, 6.45) is 0. The van der Waals surface area contributed by atoms with Gasteiger partial charge in [-0.15, -0.1) is 0 Å². The molecule has 17 heavy (non-hydrogen) atoms. The number of carboxylic acid groups (broad SMARTS) is 1. The second kappa shape index (κ2) is 4.17. The van der Waals surface area contributed by atoms with Crippen LogP contribution >= 0.6 is 0 Å². The third-order valence-corrected chi connectivity index (χ3v) is 2.20. The zero-order valence-electron chi connectivity index (χ0n) is 8.88. The first-order valence-corrected chi connectivity index (χ1v) is 4.69. The van der Waals surface area contributed by atoms with Crippen LogP contribution in [0.1, 0.15) is 10.5 Å². The molecule has 1 aromatic carbocycles. The Labute approximate surface area is 96.0 Å². The summed E-state index contributed by atoms with van der Waals surface area (Å²) in [5, 5.41) is 21.8. The van der Waals surface area contributed by atoms with E-state index < -0.39 is 5.97 Å². The van der Waals surface area contributed by atoms with Crippen molar-refractivity contribution in [2.75, 3.05) is 7.11 Å². The molecule has 2 rings (SSSR count). The molecule has 1 heterocycles. The van der Waals surface area contributed by atoms with Crippen LogP contribution in [0.25, 0.3) is 11.3 Å². The van der Waals surface area contributed by atoms with E-state index in [1.54, 1.807) is 12.1 Å². The summed E-state index contributed by atoms with van der Waals surface area (Å²) in [7, 11) is 1.48. The van der Waals surface area contributed by atoms with Gasteiger partial charge in [0, 0.05) is 12.1 Å². The van der Waals surface area contributed by atoms with Crippen LogP contribution in [0.4, 0.5) is 0 Å². The van der Waals surface area contributed by atoms with Crippen molar-refractivity contribution < 1.29 is 24.3 Å². The van der Waals surface area contributed by atoms with Crippen LogP contribution in [-0.2, 0) is 0 Å². The van der Waals surface area contributed by atoms with Gasteiger partial charge in [0.2, 0.25) is 0 Å². The van der Waals surface area contributed by atoms with Crippen LogP contribution in [0.3, 0.4) is 0 Å². The highest BCUT2D eigenvalue weighted by Gasteiger charge is 2.15. The monoisotopic (exact) mass is 235 g/mol. The number of rotatable bonds is 3. The van der Waals surface area contributed by atoms with Gasteiger partial charge in [0.1, 0.15) is 11.5 Å². The number of phenolic OH excluding ortho intramolecular Hbond substituents is 1. The molecule has 6 nitrogen and oxygen atoms in total. The number of aromatic nitrogens is 1. The summed E-state index contributed by atoms with van der Waals surface area (Å²) >= 11 is 0. The van der Waals surface area contributed by atoms with E-state index in [1.165, 1.54) is 19.2 Å². The molecule has 0 saturated carbocycles. The smallest absolute Gasteiger partial charge is 0.358 e. The molecular formula is C11H9NO5. The number of phenols is 1. The molecule has 0 bridgehead atoms. The van der Waals surface area contributed by atoms with Crippen molar-refractivity contribution >= 4 is 5.97 Å². The predicted molar refractivity (Wildman–Crippen MR) is 57.1 cm³/mol. The maximum Gasteiger partial charge on any atom is 0.358 e. The average Bonchev–Trinajstić information content (AvgIpc) is 2.78. The molecule has 0 fully saturated rings. The lowest BCUT2D eigenvalue weighted by Gasteiger charge is -2.03. The summed E-state index contributed by atoms with van der Waals surface area (Å²) in [6.45, 7) is 0. The van der Waals surface area contributed by atoms with E-state index in [4.69, 9.17) is 14.4 Å². The van der Waals surface area contributed by atoms with E-state index in [2.05, 4.69) is 5.16 Å². The molecule has 0 spiro atoms. The van der Waals surface area contributed by atoms with Crippen molar-refractivity contribution in [2.45, 2.75) is 0 Å². The number of aromatic carboxylic acids is 1. The van der Waals surface area contributed by atoms with E-state index in [9.17, 15) is 9.90 Å². The number of methoxy groups -OCH3 is 1. The van der Waals surface area contributed by atoms with Gasteiger partial charge in [0.05, 0.1) is 12.7 Å². The first kappa shape index (κ1) is 11.0. The number of carbonyl (C=O) groups is 1. The average molecular weight is 235 g/mol. The number of nitrogens with zero attached hydrogens (tertiary/aromatic N) is 1. The molecule has 0 amide bonds. The minimum atomic E-state index is -1.19. The van der Waals surface area contributed by atoms with Crippen molar-refractivity contribution in [3.05, 3.63) is 30.0 Å². The normalized spacial score (nSPS) is 10.2. The van der Waals surface area contributed by atoms with Crippen molar-refractivity contribution in [1.82, 2.24) is 5.16 Å². The Kier molecular flexibility index (Phi) is 2.70. The van der Waals surface area contributed by atoms with Crippen molar-refractivity contribution in [1.29, 1.82) is 0 Å². The molecule has 0 aliphatic carbocycles. The van der Waals surface area contributed by atoms with Gasteiger partial charge in [-0.1, -0.05) is 5.16 Å². The van der Waals surface area contributed by atoms with Gasteiger partial charge in [-0.3, -0.25) is 0 Å². The fraction of sp³-hybridized carbons (Fsp3) is 0.0909. The predicted octanol–water partition coefficient (Wildman–Crippen LogP) is 1.75. The van der Waals surface area contributed by atoms with Gasteiger partial charge in [0.15, 0.2) is 11.5 Å². The SMILES string of the molecule is COc1ccc(-c2cc(C(=O)O)no2)c(O)c1. The van der Waals surface area contributed by atoms with Gasteiger partial charge in [0.25, 0.3) is 0 Å². The molecule has 0 saturated heterocycles. The van der Waals surface area contributed by atoms with Gasteiger partial charge in [-0.2, -0.15) is 0 Å². The molecule has 0 atom stereocenters. The topological polar surface area (TPSA) is 92.8 Å².